The highest BCUT2D eigenvalue weighted by molar-refractivity contribution is 6.04. The zero-order chi connectivity index (χ0) is 13.0. The first-order valence-electron chi connectivity index (χ1n) is 5.20. The molecule has 0 aromatic heterocycles. The number of carboxylic acid groups (broad SMARTS) is 1. The molecule has 0 spiro atoms. The van der Waals surface area contributed by atoms with Gasteiger partial charge >= 0.3 is 5.97 Å². The number of hydrogen-bond donors (Lipinski definition) is 2. The van der Waals surface area contributed by atoms with Crippen molar-refractivity contribution in [2.75, 3.05) is 5.32 Å². The number of carbonyl (C=O) groups is 2. The smallest absolute Gasteiger partial charge is 0.331 e. The molecule has 0 fully saturated rings. The molecular weight excluding hydrogens is 218 g/mol. The van der Waals surface area contributed by atoms with Gasteiger partial charge in [0.05, 0.1) is 0 Å². The minimum absolute atomic E-state index is 0.00809. The van der Waals surface area contributed by atoms with Crippen molar-refractivity contribution in [3.05, 3.63) is 41.0 Å². The summed E-state index contributed by atoms with van der Waals surface area (Å²) in [5, 5.41) is 11.3. The van der Waals surface area contributed by atoms with Gasteiger partial charge in [0.2, 0.25) is 5.91 Å². The molecule has 1 aromatic rings. The monoisotopic (exact) mass is 233 g/mol. The number of benzene rings is 1. The second-order valence-electron chi connectivity index (χ2n) is 3.89. The highest BCUT2D eigenvalue weighted by Crippen LogP contribution is 2.19. The Kier molecular flexibility index (Phi) is 4.04. The number of aliphatic carboxylic acids is 1. The van der Waals surface area contributed by atoms with Gasteiger partial charge in [-0.3, -0.25) is 4.79 Å². The van der Waals surface area contributed by atoms with Gasteiger partial charge in [-0.1, -0.05) is 18.2 Å². The van der Waals surface area contributed by atoms with Crippen molar-refractivity contribution >= 4 is 17.6 Å². The van der Waals surface area contributed by atoms with E-state index in [-0.39, 0.29) is 5.57 Å². The van der Waals surface area contributed by atoms with Crippen LogP contribution in [0.25, 0.3) is 0 Å². The van der Waals surface area contributed by atoms with Gasteiger partial charge in [-0.25, -0.2) is 4.79 Å². The molecule has 17 heavy (non-hydrogen) atoms. The third-order valence-electron chi connectivity index (χ3n) is 2.41. The molecule has 0 aliphatic heterocycles. The lowest BCUT2D eigenvalue weighted by atomic mass is 10.1. The number of carboxylic acids is 1. The Balaban J connectivity index is 2.89. The highest BCUT2D eigenvalue weighted by Gasteiger charge is 2.07. The first-order valence-corrected chi connectivity index (χ1v) is 5.20. The predicted molar refractivity (Wildman–Crippen MR) is 65.9 cm³/mol. The highest BCUT2D eigenvalue weighted by atomic mass is 16.4. The number of aryl methyl sites for hydroxylation is 2. The average Bonchev–Trinajstić information content (AvgIpc) is 2.23. The summed E-state index contributed by atoms with van der Waals surface area (Å²) in [7, 11) is 0. The van der Waals surface area contributed by atoms with Gasteiger partial charge in [0.1, 0.15) is 0 Å². The van der Waals surface area contributed by atoms with Crippen LogP contribution >= 0.6 is 0 Å². The molecule has 0 saturated carbocycles. The number of hydrogen-bond acceptors (Lipinski definition) is 2. The van der Waals surface area contributed by atoms with Crippen molar-refractivity contribution in [2.24, 2.45) is 0 Å². The summed E-state index contributed by atoms with van der Waals surface area (Å²) in [6, 6.07) is 5.67. The molecule has 0 atom stereocenters. The summed E-state index contributed by atoms with van der Waals surface area (Å²) < 4.78 is 0. The molecule has 0 aliphatic carbocycles. The van der Waals surface area contributed by atoms with E-state index in [1.807, 2.05) is 32.0 Å². The molecule has 2 N–H and O–H groups in total. The Morgan fingerprint density at radius 1 is 1.24 bits per heavy atom. The Hall–Kier alpha value is -2.10. The SMILES string of the molecule is C/C(=C\C(=O)Nc1c(C)cccc1C)C(=O)O. The van der Waals surface area contributed by atoms with E-state index >= 15 is 0 Å². The van der Waals surface area contributed by atoms with Crippen molar-refractivity contribution in [3.63, 3.8) is 0 Å². The van der Waals surface area contributed by atoms with Crippen LogP contribution in [0.2, 0.25) is 0 Å². The van der Waals surface area contributed by atoms with Crippen LogP contribution in [-0.4, -0.2) is 17.0 Å². The van der Waals surface area contributed by atoms with E-state index in [1.54, 1.807) is 0 Å². The molecule has 0 bridgehead atoms. The van der Waals surface area contributed by atoms with Crippen molar-refractivity contribution in [2.45, 2.75) is 20.8 Å². The summed E-state index contributed by atoms with van der Waals surface area (Å²) in [6.07, 6.45) is 1.08. The van der Waals surface area contributed by atoms with Crippen LogP contribution in [0.15, 0.2) is 29.8 Å². The summed E-state index contributed by atoms with van der Waals surface area (Å²) in [4.78, 5) is 22.2. The van der Waals surface area contributed by atoms with Crippen molar-refractivity contribution in [3.8, 4) is 0 Å². The first-order chi connectivity index (χ1) is 7.91. The maximum Gasteiger partial charge on any atom is 0.331 e. The Morgan fingerprint density at radius 2 is 1.76 bits per heavy atom. The summed E-state index contributed by atoms with van der Waals surface area (Å²) in [6.45, 7) is 5.15. The fourth-order valence-corrected chi connectivity index (χ4v) is 1.43. The fraction of sp³-hybridized carbons (Fsp3) is 0.231. The maximum absolute atomic E-state index is 11.6. The lowest BCUT2D eigenvalue weighted by Crippen LogP contribution is -2.12. The van der Waals surface area contributed by atoms with Crippen molar-refractivity contribution in [1.82, 2.24) is 0 Å². The molecule has 1 amide bonds. The molecule has 90 valence electrons. The number of para-hydroxylation sites is 1. The van der Waals surface area contributed by atoms with E-state index in [4.69, 9.17) is 5.11 Å². The molecule has 0 saturated heterocycles. The van der Waals surface area contributed by atoms with E-state index in [0.717, 1.165) is 22.9 Å². The first kappa shape index (κ1) is 13.0. The Morgan fingerprint density at radius 3 is 2.24 bits per heavy atom. The van der Waals surface area contributed by atoms with Crippen LogP contribution in [-0.2, 0) is 9.59 Å². The molecular formula is C13H15NO3. The third kappa shape index (κ3) is 3.45. The lowest BCUT2D eigenvalue weighted by molar-refractivity contribution is -0.132. The van der Waals surface area contributed by atoms with Crippen molar-refractivity contribution in [1.29, 1.82) is 0 Å². The Labute approximate surface area is 100.0 Å². The molecule has 4 nitrogen and oxygen atoms in total. The number of rotatable bonds is 3. The van der Waals surface area contributed by atoms with E-state index in [0.29, 0.717) is 0 Å². The molecule has 0 radical (unpaired) electrons. The second-order valence-corrected chi connectivity index (χ2v) is 3.89. The number of anilines is 1. The largest absolute Gasteiger partial charge is 0.478 e. The lowest BCUT2D eigenvalue weighted by Gasteiger charge is -2.09. The van der Waals surface area contributed by atoms with Gasteiger partial charge < -0.3 is 10.4 Å². The average molecular weight is 233 g/mol. The van der Waals surface area contributed by atoms with E-state index < -0.39 is 11.9 Å². The maximum atomic E-state index is 11.6. The summed E-state index contributed by atoms with van der Waals surface area (Å²) in [5.41, 5.74) is 2.63. The standard InChI is InChI=1S/C13H15NO3/c1-8-5-4-6-9(2)12(8)14-11(15)7-10(3)13(16)17/h4-7H,1-3H3,(H,14,15)(H,16,17)/b10-7+. The normalized spacial score (nSPS) is 11.1. The number of amides is 1. The second kappa shape index (κ2) is 5.30. The van der Waals surface area contributed by atoms with Crippen LogP contribution in [0.1, 0.15) is 18.1 Å². The topological polar surface area (TPSA) is 66.4 Å². The zero-order valence-electron chi connectivity index (χ0n) is 10.1. The van der Waals surface area contributed by atoms with Gasteiger partial charge in [-0.05, 0) is 31.9 Å². The Bertz CT molecular complexity index is 469. The van der Waals surface area contributed by atoms with Gasteiger partial charge in [0.15, 0.2) is 0 Å². The van der Waals surface area contributed by atoms with Crippen LogP contribution in [0.3, 0.4) is 0 Å². The number of nitrogens with one attached hydrogen (secondary N) is 1. The van der Waals surface area contributed by atoms with Crippen LogP contribution in [0, 0.1) is 13.8 Å². The molecule has 1 aromatic carbocycles. The van der Waals surface area contributed by atoms with Gasteiger partial charge in [-0.15, -0.1) is 0 Å². The van der Waals surface area contributed by atoms with Crippen LogP contribution in [0.5, 0.6) is 0 Å². The predicted octanol–water partition coefficient (Wildman–Crippen LogP) is 2.27. The zero-order valence-corrected chi connectivity index (χ0v) is 10.1. The van der Waals surface area contributed by atoms with Crippen molar-refractivity contribution < 1.29 is 14.7 Å². The molecule has 0 heterocycles. The summed E-state index contributed by atoms with van der Waals surface area (Å²) >= 11 is 0. The molecule has 1 rings (SSSR count). The summed E-state index contributed by atoms with van der Waals surface area (Å²) in [5.74, 6) is -1.52. The van der Waals surface area contributed by atoms with E-state index in [9.17, 15) is 9.59 Å². The third-order valence-corrected chi connectivity index (χ3v) is 2.41. The quantitative estimate of drug-likeness (QED) is 0.787. The minimum Gasteiger partial charge on any atom is -0.478 e. The van der Waals surface area contributed by atoms with E-state index in [2.05, 4.69) is 5.32 Å². The van der Waals surface area contributed by atoms with Crippen LogP contribution in [0.4, 0.5) is 5.69 Å². The molecule has 4 heteroatoms. The van der Waals surface area contributed by atoms with Crippen LogP contribution < -0.4 is 5.32 Å². The van der Waals surface area contributed by atoms with Gasteiger partial charge in [-0.2, -0.15) is 0 Å². The van der Waals surface area contributed by atoms with Gasteiger partial charge in [0.25, 0.3) is 0 Å². The number of carbonyl (C=O) groups excluding carboxylic acids is 1. The minimum atomic E-state index is -1.10. The fourth-order valence-electron chi connectivity index (χ4n) is 1.43. The molecule has 0 unspecified atom stereocenters. The molecule has 0 aliphatic rings. The van der Waals surface area contributed by atoms with E-state index in [1.165, 1.54) is 6.92 Å². The van der Waals surface area contributed by atoms with Gasteiger partial charge in [0, 0.05) is 17.3 Å².